The second-order valence-corrected chi connectivity index (χ2v) is 9.10. The number of carbonyl (C=O) groups excluding carboxylic acids is 2. The molecule has 1 fully saturated rings. The molecule has 2 amide bonds. The first-order valence-corrected chi connectivity index (χ1v) is 11.5. The molecule has 3 atom stereocenters. The van der Waals surface area contributed by atoms with Gasteiger partial charge in [-0.1, -0.05) is 30.7 Å². The number of aliphatic hydroxyl groups excluding tert-OH is 1. The van der Waals surface area contributed by atoms with Crippen LogP contribution >= 0.6 is 11.6 Å². The number of halogens is 1. The molecule has 0 saturated carbocycles. The molecule has 2 heterocycles. The van der Waals surface area contributed by atoms with Crippen molar-refractivity contribution in [3.05, 3.63) is 52.4 Å². The number of rotatable bonds is 7. The number of hydrogen-bond donors (Lipinski definition) is 3. The van der Waals surface area contributed by atoms with E-state index in [0.717, 1.165) is 16.9 Å². The highest BCUT2D eigenvalue weighted by Crippen LogP contribution is 2.42. The first-order valence-electron chi connectivity index (χ1n) is 11.2. The first kappa shape index (κ1) is 23.4. The van der Waals surface area contributed by atoms with Crippen molar-refractivity contribution < 1.29 is 14.7 Å². The Hall–Kier alpha value is -2.75. The number of piperazine rings is 1. The highest BCUT2D eigenvalue weighted by atomic mass is 35.5. The van der Waals surface area contributed by atoms with Gasteiger partial charge >= 0.3 is 0 Å². The van der Waals surface area contributed by atoms with E-state index < -0.39 is 17.9 Å². The fourth-order valence-corrected chi connectivity index (χ4v) is 4.82. The van der Waals surface area contributed by atoms with Crippen LogP contribution in [0.25, 0.3) is 0 Å². The van der Waals surface area contributed by atoms with Crippen LogP contribution in [-0.4, -0.2) is 71.1 Å². The predicted octanol–water partition coefficient (Wildman–Crippen LogP) is 1.18. The number of benzene rings is 1. The van der Waals surface area contributed by atoms with Crippen LogP contribution in [0.1, 0.15) is 48.1 Å². The van der Waals surface area contributed by atoms with Gasteiger partial charge in [0.15, 0.2) is 0 Å². The summed E-state index contributed by atoms with van der Waals surface area (Å²) in [6, 6.07) is 7.19. The van der Waals surface area contributed by atoms with E-state index in [1.165, 1.54) is 6.33 Å². The number of nitrogens with zero attached hydrogens (tertiary/aromatic N) is 4. The minimum absolute atomic E-state index is 0.00794. The number of aromatic nitrogens is 2. The van der Waals surface area contributed by atoms with Crippen LogP contribution in [0.5, 0.6) is 0 Å². The molecule has 9 nitrogen and oxygen atoms in total. The molecule has 1 aromatic heterocycles. The molecular weight excluding hydrogens is 444 g/mol. The average molecular weight is 473 g/mol. The monoisotopic (exact) mass is 472 g/mol. The van der Waals surface area contributed by atoms with Crippen LogP contribution in [0, 0.1) is 0 Å². The summed E-state index contributed by atoms with van der Waals surface area (Å²) in [7, 11) is 0. The lowest BCUT2D eigenvalue weighted by atomic mass is 9.97. The molecule has 176 valence electrons. The van der Waals surface area contributed by atoms with E-state index in [9.17, 15) is 14.7 Å². The molecule has 4 N–H and O–H groups in total. The molecule has 0 spiro atoms. The Morgan fingerprint density at radius 1 is 1.21 bits per heavy atom. The van der Waals surface area contributed by atoms with Gasteiger partial charge in [0.2, 0.25) is 11.8 Å². The Kier molecular flexibility index (Phi) is 7.11. The van der Waals surface area contributed by atoms with Crippen molar-refractivity contribution in [2.24, 2.45) is 5.73 Å². The summed E-state index contributed by atoms with van der Waals surface area (Å²) in [5.41, 5.74) is 7.80. The van der Waals surface area contributed by atoms with Crippen molar-refractivity contribution in [3.63, 3.8) is 0 Å². The zero-order valence-electron chi connectivity index (χ0n) is 18.6. The van der Waals surface area contributed by atoms with Crippen molar-refractivity contribution in [3.8, 4) is 0 Å². The van der Waals surface area contributed by atoms with Gasteiger partial charge in [0, 0.05) is 43.3 Å². The number of nitrogens with two attached hydrogens (primary N) is 1. The number of fused-ring (bicyclic) bond motifs is 1. The van der Waals surface area contributed by atoms with Gasteiger partial charge in [-0.15, -0.1) is 0 Å². The van der Waals surface area contributed by atoms with Gasteiger partial charge in [-0.3, -0.25) is 9.59 Å². The fourth-order valence-electron chi connectivity index (χ4n) is 4.70. The number of amides is 2. The summed E-state index contributed by atoms with van der Waals surface area (Å²) >= 11 is 6.02. The molecule has 2 aromatic rings. The summed E-state index contributed by atoms with van der Waals surface area (Å²) in [5, 5.41) is 13.9. The Morgan fingerprint density at radius 2 is 1.91 bits per heavy atom. The van der Waals surface area contributed by atoms with E-state index in [1.54, 1.807) is 12.1 Å². The summed E-state index contributed by atoms with van der Waals surface area (Å²) in [6.07, 6.45) is 1.61. The largest absolute Gasteiger partial charge is 0.387 e. The highest BCUT2D eigenvalue weighted by Gasteiger charge is 2.35. The van der Waals surface area contributed by atoms with Gasteiger partial charge in [-0.05, 0) is 30.0 Å². The van der Waals surface area contributed by atoms with Gasteiger partial charge < -0.3 is 26.0 Å². The third kappa shape index (κ3) is 5.10. The predicted molar refractivity (Wildman–Crippen MR) is 125 cm³/mol. The van der Waals surface area contributed by atoms with Crippen molar-refractivity contribution >= 4 is 29.2 Å². The quantitative estimate of drug-likeness (QED) is 0.552. The molecule has 10 heteroatoms. The average Bonchev–Trinajstić information content (AvgIpc) is 3.11. The smallest absolute Gasteiger partial charge is 0.231 e. The Bertz CT molecular complexity index is 1010. The lowest BCUT2D eigenvalue weighted by molar-refractivity contribution is -0.133. The van der Waals surface area contributed by atoms with Gasteiger partial charge in [-0.25, -0.2) is 9.97 Å². The number of aliphatic hydroxyl groups is 1. The summed E-state index contributed by atoms with van der Waals surface area (Å²) in [6.45, 7) is 4.77. The minimum Gasteiger partial charge on any atom is -0.387 e. The van der Waals surface area contributed by atoms with Crippen LogP contribution in [-0.2, 0) is 9.59 Å². The van der Waals surface area contributed by atoms with Gasteiger partial charge in [0.1, 0.15) is 12.1 Å². The second kappa shape index (κ2) is 10.0. The summed E-state index contributed by atoms with van der Waals surface area (Å²) in [4.78, 5) is 37.4. The minimum atomic E-state index is -0.548. The maximum absolute atomic E-state index is 13.4. The molecule has 2 aliphatic rings. The lowest BCUT2D eigenvalue weighted by Gasteiger charge is -2.38. The first-order chi connectivity index (χ1) is 15.8. The van der Waals surface area contributed by atoms with Crippen LogP contribution in [0.15, 0.2) is 30.6 Å². The van der Waals surface area contributed by atoms with Crippen LogP contribution in [0.4, 0.5) is 5.82 Å². The van der Waals surface area contributed by atoms with Gasteiger partial charge in [0.05, 0.1) is 24.3 Å². The summed E-state index contributed by atoms with van der Waals surface area (Å²) in [5.74, 6) is 0.116. The molecule has 4 rings (SSSR count). The molecule has 1 aliphatic carbocycles. The van der Waals surface area contributed by atoms with E-state index in [2.05, 4.69) is 27.1 Å². The zero-order valence-corrected chi connectivity index (χ0v) is 19.3. The molecular formula is C23H29ClN6O3. The number of anilines is 1. The van der Waals surface area contributed by atoms with Crippen molar-refractivity contribution in [2.75, 3.05) is 44.2 Å². The Balaban J connectivity index is 1.46. The number of carbonyl (C=O) groups is 2. The molecule has 33 heavy (non-hydrogen) atoms. The number of hydrogen-bond acceptors (Lipinski definition) is 7. The second-order valence-electron chi connectivity index (χ2n) is 8.66. The van der Waals surface area contributed by atoms with Gasteiger partial charge in [-0.2, -0.15) is 0 Å². The molecule has 1 aliphatic heterocycles. The standard InChI is InChI=1S/C23H29ClN6O3/c1-14-10-18(31)21-20(14)22(28-13-27-21)29-6-8-30(9-7-29)23(33)17(11-26-12-19(25)32)15-2-4-16(24)5-3-15/h2-5,13-14,17-18,26,31H,6-12H2,1H3,(H2,25,32)/t14-,17+,18-/m1/s1. The van der Waals surface area contributed by atoms with Crippen molar-refractivity contribution in [2.45, 2.75) is 31.3 Å². The van der Waals surface area contributed by atoms with E-state index in [4.69, 9.17) is 17.3 Å². The number of nitrogens with one attached hydrogen (secondary N) is 1. The molecule has 0 unspecified atom stereocenters. The van der Waals surface area contributed by atoms with E-state index >= 15 is 0 Å². The van der Waals surface area contributed by atoms with Crippen molar-refractivity contribution in [1.82, 2.24) is 20.2 Å². The molecule has 0 bridgehead atoms. The SMILES string of the molecule is C[C@@H]1C[C@@H](O)c2ncnc(N3CCN(C(=O)[C@@H](CNCC(N)=O)c4ccc(Cl)cc4)CC3)c21. The third-order valence-electron chi connectivity index (χ3n) is 6.39. The van der Waals surface area contributed by atoms with Crippen LogP contribution in [0.2, 0.25) is 5.02 Å². The zero-order chi connectivity index (χ0) is 23.5. The topological polar surface area (TPSA) is 125 Å². The fraction of sp³-hybridized carbons (Fsp3) is 0.478. The van der Waals surface area contributed by atoms with Crippen LogP contribution < -0.4 is 16.0 Å². The maximum atomic E-state index is 13.4. The third-order valence-corrected chi connectivity index (χ3v) is 6.64. The Labute approximate surface area is 197 Å². The maximum Gasteiger partial charge on any atom is 0.231 e. The number of primary amides is 1. The molecule has 0 radical (unpaired) electrons. The van der Waals surface area contributed by atoms with Crippen LogP contribution in [0.3, 0.4) is 0 Å². The molecule has 1 aromatic carbocycles. The lowest BCUT2D eigenvalue weighted by Crippen LogP contribution is -2.51. The van der Waals surface area contributed by atoms with Gasteiger partial charge in [0.25, 0.3) is 0 Å². The van der Waals surface area contributed by atoms with Crippen molar-refractivity contribution in [1.29, 1.82) is 0 Å². The molecule has 1 saturated heterocycles. The van der Waals surface area contributed by atoms with E-state index in [1.807, 2.05) is 17.0 Å². The Morgan fingerprint density at radius 3 is 2.58 bits per heavy atom. The normalized spacial score (nSPS) is 21.1. The highest BCUT2D eigenvalue weighted by molar-refractivity contribution is 6.30. The van der Waals surface area contributed by atoms with E-state index in [0.29, 0.717) is 49.9 Å². The van der Waals surface area contributed by atoms with E-state index in [-0.39, 0.29) is 18.4 Å². The summed E-state index contributed by atoms with van der Waals surface area (Å²) < 4.78 is 0.